The Hall–Kier alpha value is -2.57. The number of aromatic nitrogens is 2. The summed E-state index contributed by atoms with van der Waals surface area (Å²) in [6, 6.07) is 6.33. The van der Waals surface area contributed by atoms with Crippen LogP contribution >= 0.6 is 0 Å². The molecule has 1 fully saturated rings. The number of benzene rings is 1. The van der Waals surface area contributed by atoms with Gasteiger partial charge in [0.05, 0.1) is 7.11 Å². The second-order valence-electron chi connectivity index (χ2n) is 5.99. The van der Waals surface area contributed by atoms with Crippen molar-refractivity contribution in [1.29, 1.82) is 0 Å². The van der Waals surface area contributed by atoms with Crippen molar-refractivity contribution in [3.8, 4) is 5.75 Å². The molecule has 0 unspecified atom stereocenters. The number of piperidine rings is 1. The van der Waals surface area contributed by atoms with Crippen LogP contribution in [0.15, 0.2) is 24.3 Å². The Bertz CT molecular complexity index is 723. The highest BCUT2D eigenvalue weighted by Gasteiger charge is 2.22. The molecule has 3 rings (SSSR count). The molecule has 128 valence electrons. The van der Waals surface area contributed by atoms with E-state index in [9.17, 15) is 9.18 Å². The molecule has 1 aromatic heterocycles. The average molecular weight is 332 g/mol. The van der Waals surface area contributed by atoms with Gasteiger partial charge in [0.1, 0.15) is 0 Å². The first-order valence-electron chi connectivity index (χ1n) is 7.98. The third kappa shape index (κ3) is 3.50. The highest BCUT2D eigenvalue weighted by atomic mass is 19.1. The summed E-state index contributed by atoms with van der Waals surface area (Å²) in [5.74, 6) is 0.281. The van der Waals surface area contributed by atoms with Crippen molar-refractivity contribution in [2.45, 2.75) is 25.8 Å². The van der Waals surface area contributed by atoms with E-state index in [4.69, 9.17) is 4.74 Å². The molecule has 2 N–H and O–H groups in total. The Morgan fingerprint density at radius 1 is 1.38 bits per heavy atom. The lowest BCUT2D eigenvalue weighted by Crippen LogP contribution is -2.44. The van der Waals surface area contributed by atoms with Crippen molar-refractivity contribution in [1.82, 2.24) is 15.5 Å². The van der Waals surface area contributed by atoms with Gasteiger partial charge >= 0.3 is 0 Å². The van der Waals surface area contributed by atoms with Crippen LogP contribution in [0.5, 0.6) is 5.75 Å². The van der Waals surface area contributed by atoms with Gasteiger partial charge in [-0.1, -0.05) is 0 Å². The highest BCUT2D eigenvalue weighted by molar-refractivity contribution is 5.94. The number of rotatable bonds is 4. The van der Waals surface area contributed by atoms with Crippen LogP contribution in [-0.4, -0.2) is 42.3 Å². The summed E-state index contributed by atoms with van der Waals surface area (Å²) in [6.07, 6.45) is 1.66. The van der Waals surface area contributed by atoms with Crippen LogP contribution in [0, 0.1) is 12.7 Å². The van der Waals surface area contributed by atoms with Crippen LogP contribution in [0.2, 0.25) is 0 Å². The van der Waals surface area contributed by atoms with Crippen molar-refractivity contribution >= 4 is 11.7 Å². The van der Waals surface area contributed by atoms with E-state index >= 15 is 0 Å². The van der Waals surface area contributed by atoms with E-state index in [1.54, 1.807) is 6.07 Å². The number of amides is 1. The molecule has 0 bridgehead atoms. The van der Waals surface area contributed by atoms with Crippen molar-refractivity contribution < 1.29 is 13.9 Å². The van der Waals surface area contributed by atoms with Crippen LogP contribution in [0.1, 0.15) is 28.9 Å². The molecule has 1 aromatic carbocycles. The van der Waals surface area contributed by atoms with E-state index in [0.717, 1.165) is 37.4 Å². The maximum atomic E-state index is 13.7. The number of methoxy groups -OCH3 is 1. The van der Waals surface area contributed by atoms with Gasteiger partial charge in [-0.05, 0) is 38.0 Å². The SMILES string of the molecule is COc1ccc(C(=O)NC2CCN(c3cc(C)[nH]n3)CC2)cc1F. The number of nitrogens with one attached hydrogen (secondary N) is 2. The maximum Gasteiger partial charge on any atom is 0.251 e. The lowest BCUT2D eigenvalue weighted by molar-refractivity contribution is 0.0930. The quantitative estimate of drug-likeness (QED) is 0.901. The van der Waals surface area contributed by atoms with Gasteiger partial charge in [0.25, 0.3) is 5.91 Å². The van der Waals surface area contributed by atoms with Gasteiger partial charge in [-0.2, -0.15) is 5.10 Å². The van der Waals surface area contributed by atoms with Crippen LogP contribution in [0.4, 0.5) is 10.2 Å². The van der Waals surface area contributed by atoms with Gasteiger partial charge in [-0.25, -0.2) is 4.39 Å². The summed E-state index contributed by atoms with van der Waals surface area (Å²) in [5.41, 5.74) is 1.33. The lowest BCUT2D eigenvalue weighted by atomic mass is 10.0. The largest absolute Gasteiger partial charge is 0.494 e. The Morgan fingerprint density at radius 3 is 2.71 bits per heavy atom. The first kappa shape index (κ1) is 16.3. The third-order valence-electron chi connectivity index (χ3n) is 4.26. The minimum Gasteiger partial charge on any atom is -0.494 e. The van der Waals surface area contributed by atoms with Gasteiger partial charge in [-0.3, -0.25) is 9.89 Å². The van der Waals surface area contributed by atoms with Crippen molar-refractivity contribution in [2.24, 2.45) is 0 Å². The molecule has 0 radical (unpaired) electrons. The molecule has 1 aliphatic heterocycles. The molecule has 0 spiro atoms. The fourth-order valence-corrected chi connectivity index (χ4v) is 2.89. The van der Waals surface area contributed by atoms with Crippen molar-refractivity contribution in [2.75, 3.05) is 25.1 Å². The predicted octanol–water partition coefficient (Wildman–Crippen LogP) is 2.26. The fraction of sp³-hybridized carbons (Fsp3) is 0.412. The summed E-state index contributed by atoms with van der Waals surface area (Å²) in [6.45, 7) is 3.62. The predicted molar refractivity (Wildman–Crippen MR) is 89.0 cm³/mol. The number of H-pyrrole nitrogens is 1. The Balaban J connectivity index is 1.55. The van der Waals surface area contributed by atoms with Gasteiger partial charge in [0.2, 0.25) is 0 Å². The number of carbonyl (C=O) groups is 1. The smallest absolute Gasteiger partial charge is 0.251 e. The number of hydrogen-bond donors (Lipinski definition) is 2. The van der Waals surface area contributed by atoms with Gasteiger partial charge in [-0.15, -0.1) is 0 Å². The number of nitrogens with zero attached hydrogens (tertiary/aromatic N) is 2. The van der Waals surface area contributed by atoms with E-state index in [1.807, 2.05) is 13.0 Å². The second kappa shape index (κ2) is 6.90. The molecular formula is C17H21FN4O2. The number of carbonyl (C=O) groups excluding carboxylic acids is 1. The van der Waals surface area contributed by atoms with Crippen LogP contribution in [0.3, 0.4) is 0 Å². The Kier molecular flexibility index (Phi) is 4.69. The normalized spacial score (nSPS) is 15.4. The maximum absolute atomic E-state index is 13.7. The molecule has 1 saturated heterocycles. The fourth-order valence-electron chi connectivity index (χ4n) is 2.89. The minimum absolute atomic E-state index is 0.0824. The number of aryl methyl sites for hydroxylation is 1. The molecule has 2 aromatic rings. The van der Waals surface area contributed by atoms with E-state index in [1.165, 1.54) is 19.2 Å². The molecule has 2 heterocycles. The third-order valence-corrected chi connectivity index (χ3v) is 4.26. The topological polar surface area (TPSA) is 70.2 Å². The van der Waals surface area contributed by atoms with Crippen molar-refractivity contribution in [3.63, 3.8) is 0 Å². The highest BCUT2D eigenvalue weighted by Crippen LogP contribution is 2.20. The van der Waals surface area contributed by atoms with Crippen molar-refractivity contribution in [3.05, 3.63) is 41.3 Å². The molecule has 1 amide bonds. The average Bonchev–Trinajstić information content (AvgIpc) is 3.02. The lowest BCUT2D eigenvalue weighted by Gasteiger charge is -2.32. The molecule has 1 aliphatic rings. The zero-order chi connectivity index (χ0) is 17.1. The summed E-state index contributed by atoms with van der Waals surface area (Å²) in [5, 5.41) is 10.2. The van der Waals surface area contributed by atoms with Gasteiger partial charge in [0.15, 0.2) is 17.4 Å². The van der Waals surface area contributed by atoms with E-state index in [-0.39, 0.29) is 17.7 Å². The zero-order valence-corrected chi connectivity index (χ0v) is 13.8. The zero-order valence-electron chi connectivity index (χ0n) is 13.8. The monoisotopic (exact) mass is 332 g/mol. The molecule has 6 nitrogen and oxygen atoms in total. The van der Waals surface area contributed by atoms with Gasteiger partial charge in [0, 0.05) is 36.5 Å². The summed E-state index contributed by atoms with van der Waals surface area (Å²) in [4.78, 5) is 14.5. The van der Waals surface area contributed by atoms with E-state index < -0.39 is 5.82 Å². The molecular weight excluding hydrogens is 311 g/mol. The molecule has 24 heavy (non-hydrogen) atoms. The summed E-state index contributed by atoms with van der Waals surface area (Å²) >= 11 is 0. The van der Waals surface area contributed by atoms with Crippen LogP contribution in [0.25, 0.3) is 0 Å². The first-order valence-corrected chi connectivity index (χ1v) is 7.98. The van der Waals surface area contributed by atoms with Crippen LogP contribution in [-0.2, 0) is 0 Å². The number of hydrogen-bond acceptors (Lipinski definition) is 4. The van der Waals surface area contributed by atoms with E-state index in [0.29, 0.717) is 5.56 Å². The Labute approximate surface area is 140 Å². The summed E-state index contributed by atoms with van der Waals surface area (Å²) in [7, 11) is 1.40. The van der Waals surface area contributed by atoms with Gasteiger partial charge < -0.3 is 15.0 Å². The molecule has 0 saturated carbocycles. The number of ether oxygens (including phenoxy) is 1. The first-order chi connectivity index (χ1) is 11.6. The number of aromatic amines is 1. The van der Waals surface area contributed by atoms with E-state index in [2.05, 4.69) is 20.4 Å². The van der Waals surface area contributed by atoms with Crippen LogP contribution < -0.4 is 15.0 Å². The minimum atomic E-state index is -0.533. The molecule has 7 heteroatoms. The standard InChI is InChI=1S/C17H21FN4O2/c1-11-9-16(21-20-11)22-7-5-13(6-8-22)19-17(23)12-3-4-15(24-2)14(18)10-12/h3-4,9-10,13H,5-8H2,1-2H3,(H,19,23)(H,20,21). The second-order valence-corrected chi connectivity index (χ2v) is 5.99. The number of halogens is 1. The summed E-state index contributed by atoms with van der Waals surface area (Å²) < 4.78 is 18.6. The Morgan fingerprint density at radius 2 is 2.12 bits per heavy atom. The molecule has 0 atom stereocenters. The number of anilines is 1. The molecule has 0 aliphatic carbocycles.